The van der Waals surface area contributed by atoms with Crippen LogP contribution in [0.1, 0.15) is 0 Å². The Hall–Kier alpha value is -3.73. The van der Waals surface area contributed by atoms with Gasteiger partial charge in [-0.2, -0.15) is 0 Å². The average Bonchev–Trinajstić information content (AvgIpc) is 2.73. The van der Waals surface area contributed by atoms with Crippen molar-refractivity contribution in [3.05, 3.63) is 62.7 Å². The Labute approximate surface area is 165 Å². The third-order valence-corrected chi connectivity index (χ3v) is 4.24. The molecule has 11 heteroatoms. The second-order valence-corrected chi connectivity index (χ2v) is 6.12. The molecule has 0 bridgehead atoms. The van der Waals surface area contributed by atoms with Crippen LogP contribution in [0.5, 0.6) is 5.75 Å². The van der Waals surface area contributed by atoms with Gasteiger partial charge in [-0.1, -0.05) is 12.1 Å². The predicted octanol–water partition coefficient (Wildman–Crippen LogP) is 2.36. The molecule has 11 nitrogen and oxygen atoms in total. The van der Waals surface area contributed by atoms with Crippen LogP contribution < -0.4 is 15.0 Å². The predicted molar refractivity (Wildman–Crippen MR) is 103 cm³/mol. The van der Waals surface area contributed by atoms with E-state index in [1.54, 1.807) is 6.07 Å². The van der Waals surface area contributed by atoms with E-state index >= 15 is 0 Å². The zero-order chi connectivity index (χ0) is 20.8. The molecular weight excluding hydrogens is 384 g/mol. The molecule has 1 saturated heterocycles. The number of amides is 1. The minimum Gasteiger partial charge on any atom is -0.477 e. The van der Waals surface area contributed by atoms with Gasteiger partial charge < -0.3 is 19.7 Å². The van der Waals surface area contributed by atoms with Crippen molar-refractivity contribution in [1.29, 1.82) is 0 Å². The van der Waals surface area contributed by atoms with Crippen molar-refractivity contribution in [2.45, 2.75) is 0 Å². The minimum atomic E-state index is -0.597. The number of carbonyl (C=O) groups excluding carboxylic acids is 1. The van der Waals surface area contributed by atoms with Crippen LogP contribution in [0.2, 0.25) is 0 Å². The molecule has 1 heterocycles. The summed E-state index contributed by atoms with van der Waals surface area (Å²) in [5.41, 5.74) is 0.542. The van der Waals surface area contributed by atoms with E-state index in [1.807, 2.05) is 4.90 Å². The molecule has 2 aromatic carbocycles. The van der Waals surface area contributed by atoms with Crippen LogP contribution in [0.15, 0.2) is 42.5 Å². The number of hydrogen-bond donors (Lipinski definition) is 1. The summed E-state index contributed by atoms with van der Waals surface area (Å²) < 4.78 is 10.6. The number of benzene rings is 2. The second-order valence-electron chi connectivity index (χ2n) is 6.12. The summed E-state index contributed by atoms with van der Waals surface area (Å²) >= 11 is 0. The molecule has 0 saturated carbocycles. The maximum Gasteiger partial charge on any atom is 0.310 e. The molecule has 1 aliphatic heterocycles. The number of rotatable bonds is 7. The van der Waals surface area contributed by atoms with Gasteiger partial charge in [0.15, 0.2) is 12.4 Å². The van der Waals surface area contributed by atoms with Gasteiger partial charge in [-0.25, -0.2) is 0 Å². The molecule has 0 radical (unpaired) electrons. The van der Waals surface area contributed by atoms with Crippen molar-refractivity contribution in [3.63, 3.8) is 0 Å². The van der Waals surface area contributed by atoms with Gasteiger partial charge in [0, 0.05) is 31.3 Å². The van der Waals surface area contributed by atoms with E-state index < -0.39 is 22.4 Å². The number of hydrogen-bond acceptors (Lipinski definition) is 8. The SMILES string of the molecule is O=C(COc1ccccc1[N+](=O)[O-])Nc1ccc([N+](=O)[O-])cc1N1CCOCC1. The van der Waals surface area contributed by atoms with Gasteiger partial charge in [0.1, 0.15) is 0 Å². The van der Waals surface area contributed by atoms with E-state index in [0.29, 0.717) is 37.7 Å². The van der Waals surface area contributed by atoms with Crippen molar-refractivity contribution < 1.29 is 24.1 Å². The molecule has 1 amide bonds. The fourth-order valence-corrected chi connectivity index (χ4v) is 2.86. The van der Waals surface area contributed by atoms with E-state index in [2.05, 4.69) is 5.32 Å². The third-order valence-electron chi connectivity index (χ3n) is 4.24. The van der Waals surface area contributed by atoms with E-state index in [9.17, 15) is 25.0 Å². The highest BCUT2D eigenvalue weighted by atomic mass is 16.6. The molecule has 29 heavy (non-hydrogen) atoms. The zero-order valence-corrected chi connectivity index (χ0v) is 15.3. The monoisotopic (exact) mass is 402 g/mol. The van der Waals surface area contributed by atoms with Crippen LogP contribution in [-0.4, -0.2) is 48.7 Å². The molecule has 152 valence electrons. The summed E-state index contributed by atoms with van der Waals surface area (Å²) in [7, 11) is 0. The number of morpholine rings is 1. The van der Waals surface area contributed by atoms with Gasteiger partial charge in [0.25, 0.3) is 11.6 Å². The summed E-state index contributed by atoms with van der Waals surface area (Å²) in [5.74, 6) is -0.573. The molecule has 3 rings (SSSR count). The van der Waals surface area contributed by atoms with Crippen molar-refractivity contribution in [2.24, 2.45) is 0 Å². The number of non-ortho nitro benzene ring substituents is 1. The molecule has 0 atom stereocenters. The van der Waals surface area contributed by atoms with Gasteiger partial charge >= 0.3 is 5.69 Å². The standard InChI is InChI=1S/C18H18N4O7/c23-18(12-29-17-4-2-1-3-15(17)22(26)27)19-14-6-5-13(21(24)25)11-16(14)20-7-9-28-10-8-20/h1-6,11H,7-10,12H2,(H,19,23). The Morgan fingerprint density at radius 1 is 1.10 bits per heavy atom. The van der Waals surface area contributed by atoms with Crippen LogP contribution in [0.4, 0.5) is 22.7 Å². The number of nitro benzene ring substituents is 2. The van der Waals surface area contributed by atoms with Crippen molar-refractivity contribution in [2.75, 3.05) is 43.1 Å². The van der Waals surface area contributed by atoms with Gasteiger partial charge in [0.05, 0.1) is 34.4 Å². The van der Waals surface area contributed by atoms with Crippen LogP contribution in [0, 0.1) is 20.2 Å². The number of nitro groups is 2. The van der Waals surface area contributed by atoms with E-state index in [1.165, 1.54) is 36.4 Å². The fraction of sp³-hybridized carbons (Fsp3) is 0.278. The maximum atomic E-state index is 12.3. The number of nitrogens with one attached hydrogen (secondary N) is 1. The summed E-state index contributed by atoms with van der Waals surface area (Å²) in [6, 6.07) is 9.87. The molecular formula is C18H18N4O7. The highest BCUT2D eigenvalue weighted by Gasteiger charge is 2.20. The van der Waals surface area contributed by atoms with E-state index in [-0.39, 0.29) is 17.1 Å². The molecule has 0 aliphatic carbocycles. The lowest BCUT2D eigenvalue weighted by molar-refractivity contribution is -0.385. The maximum absolute atomic E-state index is 12.3. The molecule has 0 unspecified atom stereocenters. The van der Waals surface area contributed by atoms with Crippen LogP contribution >= 0.6 is 0 Å². The van der Waals surface area contributed by atoms with E-state index in [0.717, 1.165) is 0 Å². The van der Waals surface area contributed by atoms with E-state index in [4.69, 9.17) is 9.47 Å². The number of nitrogens with zero attached hydrogens (tertiary/aromatic N) is 3. The molecule has 1 N–H and O–H groups in total. The molecule has 1 fully saturated rings. The smallest absolute Gasteiger partial charge is 0.310 e. The Balaban J connectivity index is 1.74. The van der Waals surface area contributed by atoms with Crippen LogP contribution in [-0.2, 0) is 9.53 Å². The first kappa shape index (κ1) is 20.0. The lowest BCUT2D eigenvalue weighted by Gasteiger charge is -2.30. The second kappa shape index (κ2) is 8.97. The molecule has 2 aromatic rings. The summed E-state index contributed by atoms with van der Waals surface area (Å²) in [4.78, 5) is 35.3. The minimum absolute atomic E-state index is 0.0234. The number of anilines is 2. The third kappa shape index (κ3) is 4.96. The Bertz CT molecular complexity index is 928. The Kier molecular flexibility index (Phi) is 6.19. The number of carbonyl (C=O) groups is 1. The van der Waals surface area contributed by atoms with Gasteiger partial charge in [0.2, 0.25) is 0 Å². The topological polar surface area (TPSA) is 137 Å². The zero-order valence-electron chi connectivity index (χ0n) is 15.3. The summed E-state index contributed by atoms with van der Waals surface area (Å²) in [6.07, 6.45) is 0. The quantitative estimate of drug-likeness (QED) is 0.550. The molecule has 0 spiro atoms. The highest BCUT2D eigenvalue weighted by molar-refractivity contribution is 5.95. The van der Waals surface area contributed by atoms with Crippen LogP contribution in [0.25, 0.3) is 0 Å². The lowest BCUT2D eigenvalue weighted by atomic mass is 10.2. The van der Waals surface area contributed by atoms with Crippen LogP contribution in [0.3, 0.4) is 0 Å². The molecule has 0 aromatic heterocycles. The Morgan fingerprint density at radius 3 is 2.52 bits per heavy atom. The fourth-order valence-electron chi connectivity index (χ4n) is 2.86. The summed E-state index contributed by atoms with van der Waals surface area (Å²) in [6.45, 7) is 1.53. The lowest BCUT2D eigenvalue weighted by Crippen LogP contribution is -2.37. The van der Waals surface area contributed by atoms with Crippen molar-refractivity contribution in [1.82, 2.24) is 0 Å². The molecule has 1 aliphatic rings. The van der Waals surface area contributed by atoms with Gasteiger partial charge in [-0.15, -0.1) is 0 Å². The highest BCUT2D eigenvalue weighted by Crippen LogP contribution is 2.31. The average molecular weight is 402 g/mol. The largest absolute Gasteiger partial charge is 0.477 e. The summed E-state index contributed by atoms with van der Waals surface area (Å²) in [5, 5.41) is 24.8. The van der Waals surface area contributed by atoms with Crippen molar-refractivity contribution >= 4 is 28.7 Å². The normalized spacial score (nSPS) is 13.6. The first-order chi connectivity index (χ1) is 14.0. The first-order valence-electron chi connectivity index (χ1n) is 8.73. The number of ether oxygens (including phenoxy) is 2. The first-order valence-corrected chi connectivity index (χ1v) is 8.73. The number of para-hydroxylation sites is 2. The van der Waals surface area contributed by atoms with Gasteiger partial charge in [-0.05, 0) is 12.1 Å². The van der Waals surface area contributed by atoms with Crippen molar-refractivity contribution in [3.8, 4) is 5.75 Å². The van der Waals surface area contributed by atoms with Gasteiger partial charge in [-0.3, -0.25) is 25.0 Å². The Morgan fingerprint density at radius 2 is 1.83 bits per heavy atom.